The molecule has 0 radical (unpaired) electrons. The molecular formula is C19H26O5S2. The van der Waals surface area contributed by atoms with Gasteiger partial charge in [-0.25, -0.2) is 0 Å². The molecular weight excluding hydrogens is 372 g/mol. The van der Waals surface area contributed by atoms with E-state index in [1.807, 2.05) is 38.1 Å². The predicted molar refractivity (Wildman–Crippen MR) is 106 cm³/mol. The van der Waals surface area contributed by atoms with Crippen molar-refractivity contribution in [3.05, 3.63) is 39.6 Å². The van der Waals surface area contributed by atoms with E-state index in [9.17, 15) is 5.11 Å². The zero-order valence-corrected chi connectivity index (χ0v) is 17.0. The van der Waals surface area contributed by atoms with Crippen LogP contribution in [0.25, 0.3) is 0 Å². The van der Waals surface area contributed by atoms with Crippen LogP contribution in [0.1, 0.15) is 19.4 Å². The molecule has 0 unspecified atom stereocenters. The van der Waals surface area contributed by atoms with Crippen LogP contribution in [-0.4, -0.2) is 54.9 Å². The van der Waals surface area contributed by atoms with Crippen LogP contribution in [0, 0.1) is 0 Å². The van der Waals surface area contributed by atoms with Gasteiger partial charge in [0, 0.05) is 21.3 Å². The van der Waals surface area contributed by atoms with E-state index >= 15 is 0 Å². The Morgan fingerprint density at radius 3 is 2.58 bits per heavy atom. The molecule has 144 valence electrons. The van der Waals surface area contributed by atoms with Crippen LogP contribution in [0.3, 0.4) is 0 Å². The fraction of sp³-hybridized carbons (Fsp3) is 0.579. The van der Waals surface area contributed by atoms with Crippen molar-refractivity contribution in [1.29, 1.82) is 0 Å². The Morgan fingerprint density at radius 1 is 1.19 bits per heavy atom. The fourth-order valence-corrected chi connectivity index (χ4v) is 5.31. The van der Waals surface area contributed by atoms with Crippen LogP contribution in [-0.2, 0) is 20.8 Å². The molecule has 26 heavy (non-hydrogen) atoms. The predicted octanol–water partition coefficient (Wildman–Crippen LogP) is 3.42. The van der Waals surface area contributed by atoms with Crippen molar-refractivity contribution in [2.45, 2.75) is 38.4 Å². The van der Waals surface area contributed by atoms with E-state index in [-0.39, 0.29) is 6.10 Å². The summed E-state index contributed by atoms with van der Waals surface area (Å²) in [5.41, 5.74) is 1.09. The lowest BCUT2D eigenvalue weighted by Crippen LogP contribution is -2.33. The first-order valence-electron chi connectivity index (χ1n) is 8.67. The Bertz CT molecular complexity index is 629. The molecule has 0 amide bonds. The minimum atomic E-state index is -0.672. The first kappa shape index (κ1) is 20.0. The smallest absolute Gasteiger partial charge is 0.163 e. The lowest BCUT2D eigenvalue weighted by atomic mass is 10.2. The Labute approximate surface area is 163 Å². The van der Waals surface area contributed by atoms with Gasteiger partial charge in [0.25, 0.3) is 0 Å². The summed E-state index contributed by atoms with van der Waals surface area (Å²) in [6.07, 6.45) is -1.00. The van der Waals surface area contributed by atoms with Gasteiger partial charge in [-0.3, -0.25) is 0 Å². The summed E-state index contributed by atoms with van der Waals surface area (Å²) in [6.45, 7) is 5.17. The van der Waals surface area contributed by atoms with Crippen molar-refractivity contribution < 1.29 is 24.1 Å². The number of hydrogen-bond donors (Lipinski definition) is 1. The molecule has 1 N–H and O–H groups in total. The molecule has 0 aromatic heterocycles. The molecule has 1 fully saturated rings. The van der Waals surface area contributed by atoms with E-state index in [2.05, 4.69) is 0 Å². The number of thioether (sulfide) groups is 2. The molecule has 2 aliphatic heterocycles. The van der Waals surface area contributed by atoms with Crippen molar-refractivity contribution in [3.63, 3.8) is 0 Å². The van der Waals surface area contributed by atoms with E-state index in [1.54, 1.807) is 30.6 Å². The van der Waals surface area contributed by atoms with Crippen molar-refractivity contribution in [2.24, 2.45) is 0 Å². The largest absolute Gasteiger partial charge is 0.497 e. The zero-order valence-electron chi connectivity index (χ0n) is 15.4. The van der Waals surface area contributed by atoms with Gasteiger partial charge >= 0.3 is 0 Å². The highest BCUT2D eigenvalue weighted by Gasteiger charge is 2.39. The van der Waals surface area contributed by atoms with Gasteiger partial charge in [0.1, 0.15) is 18.0 Å². The van der Waals surface area contributed by atoms with E-state index in [0.717, 1.165) is 32.6 Å². The van der Waals surface area contributed by atoms with E-state index < -0.39 is 11.9 Å². The van der Waals surface area contributed by atoms with Gasteiger partial charge in [0.2, 0.25) is 0 Å². The number of benzene rings is 1. The molecule has 2 atom stereocenters. The quantitative estimate of drug-likeness (QED) is 0.755. The van der Waals surface area contributed by atoms with Crippen molar-refractivity contribution in [1.82, 2.24) is 0 Å². The standard InChI is InChI=1S/C19H26O5S2/c1-19(2)23-11-15(24-19)17(20)18-16(25-8-9-26-18)12-22-10-13-4-6-14(21-3)7-5-13/h4-7,15,17,20H,8-12H2,1-3H3/t15-,17-/m0/s1. The van der Waals surface area contributed by atoms with Crippen molar-refractivity contribution in [2.75, 3.05) is 31.8 Å². The minimum Gasteiger partial charge on any atom is -0.497 e. The van der Waals surface area contributed by atoms with Crippen LogP contribution < -0.4 is 4.74 Å². The number of rotatable bonds is 7. The Kier molecular flexibility index (Phi) is 6.93. The molecule has 0 saturated carbocycles. The number of methoxy groups -OCH3 is 1. The molecule has 5 nitrogen and oxygen atoms in total. The highest BCUT2D eigenvalue weighted by molar-refractivity contribution is 8.10. The van der Waals surface area contributed by atoms with E-state index in [4.69, 9.17) is 18.9 Å². The van der Waals surface area contributed by atoms with Gasteiger partial charge < -0.3 is 24.1 Å². The topological polar surface area (TPSA) is 57.2 Å². The molecule has 1 aromatic carbocycles. The third-order valence-electron chi connectivity index (χ3n) is 4.20. The second-order valence-corrected chi connectivity index (χ2v) is 8.96. The number of ether oxygens (including phenoxy) is 4. The Morgan fingerprint density at radius 2 is 1.92 bits per heavy atom. The molecule has 3 rings (SSSR count). The normalized spacial score (nSPS) is 23.9. The lowest BCUT2D eigenvalue weighted by Gasteiger charge is -2.27. The SMILES string of the molecule is COc1ccc(COCC2=C([C@@H](O)[C@@H]3COC(C)(C)O3)SCCS2)cc1. The maximum absolute atomic E-state index is 10.8. The van der Waals surface area contributed by atoms with Gasteiger partial charge in [-0.2, -0.15) is 0 Å². The fourth-order valence-electron chi connectivity index (χ4n) is 2.85. The summed E-state index contributed by atoms with van der Waals surface area (Å²) in [5, 5.41) is 10.8. The highest BCUT2D eigenvalue weighted by atomic mass is 32.2. The number of hydrogen-bond acceptors (Lipinski definition) is 7. The van der Waals surface area contributed by atoms with Crippen LogP contribution >= 0.6 is 23.5 Å². The van der Waals surface area contributed by atoms with Crippen LogP contribution in [0.15, 0.2) is 34.1 Å². The zero-order chi connectivity index (χ0) is 18.6. The Hall–Kier alpha value is -0.700. The summed E-state index contributed by atoms with van der Waals surface area (Å²) >= 11 is 3.45. The van der Waals surface area contributed by atoms with Crippen LogP contribution in [0.2, 0.25) is 0 Å². The van der Waals surface area contributed by atoms with Crippen molar-refractivity contribution >= 4 is 23.5 Å². The van der Waals surface area contributed by atoms with E-state index in [0.29, 0.717) is 19.8 Å². The third-order valence-corrected chi connectivity index (χ3v) is 6.89. The monoisotopic (exact) mass is 398 g/mol. The van der Waals surface area contributed by atoms with Crippen molar-refractivity contribution in [3.8, 4) is 5.75 Å². The maximum atomic E-state index is 10.8. The number of aliphatic hydroxyl groups is 1. The number of aliphatic hydroxyl groups excluding tert-OH is 1. The molecule has 0 bridgehead atoms. The van der Waals surface area contributed by atoms with Gasteiger partial charge in [0.05, 0.1) is 26.9 Å². The first-order valence-corrected chi connectivity index (χ1v) is 10.6. The average molecular weight is 399 g/mol. The molecule has 0 aliphatic carbocycles. The minimum absolute atomic E-state index is 0.331. The average Bonchev–Trinajstić information content (AvgIpc) is 3.02. The lowest BCUT2D eigenvalue weighted by molar-refractivity contribution is -0.147. The first-order chi connectivity index (χ1) is 12.5. The Balaban J connectivity index is 1.59. The second-order valence-electron chi connectivity index (χ2n) is 6.64. The summed E-state index contributed by atoms with van der Waals surface area (Å²) in [7, 11) is 1.66. The van der Waals surface area contributed by atoms with Crippen LogP contribution in [0.4, 0.5) is 0 Å². The van der Waals surface area contributed by atoms with Gasteiger partial charge in [-0.1, -0.05) is 12.1 Å². The molecule has 0 spiro atoms. The highest BCUT2D eigenvalue weighted by Crippen LogP contribution is 2.39. The van der Waals surface area contributed by atoms with Crippen LogP contribution in [0.5, 0.6) is 5.75 Å². The third kappa shape index (κ3) is 5.18. The molecule has 1 aromatic rings. The van der Waals surface area contributed by atoms with Gasteiger partial charge in [0.15, 0.2) is 5.79 Å². The van der Waals surface area contributed by atoms with Gasteiger partial charge in [-0.15, -0.1) is 23.5 Å². The second kappa shape index (κ2) is 8.99. The summed E-state index contributed by atoms with van der Waals surface area (Å²) in [4.78, 5) is 2.05. The van der Waals surface area contributed by atoms with Gasteiger partial charge in [-0.05, 0) is 31.5 Å². The molecule has 1 saturated heterocycles. The molecule has 2 heterocycles. The van der Waals surface area contributed by atoms with E-state index in [1.165, 1.54) is 0 Å². The summed E-state index contributed by atoms with van der Waals surface area (Å²) in [6, 6.07) is 7.85. The summed E-state index contributed by atoms with van der Waals surface area (Å²) in [5.74, 6) is 2.21. The molecule has 2 aliphatic rings. The summed E-state index contributed by atoms with van der Waals surface area (Å²) < 4.78 is 22.5. The molecule has 7 heteroatoms. The maximum Gasteiger partial charge on any atom is 0.163 e.